The van der Waals surface area contributed by atoms with Crippen LogP contribution in [-0.2, 0) is 11.3 Å². The van der Waals surface area contributed by atoms with Crippen LogP contribution in [0, 0.1) is 0 Å². The van der Waals surface area contributed by atoms with Gasteiger partial charge in [-0.2, -0.15) is 11.3 Å². The van der Waals surface area contributed by atoms with E-state index in [1.54, 1.807) is 18.4 Å². The van der Waals surface area contributed by atoms with Gasteiger partial charge in [0.25, 0.3) is 0 Å². The molecule has 30 heavy (non-hydrogen) atoms. The van der Waals surface area contributed by atoms with Crippen LogP contribution in [0.2, 0.25) is 0 Å². The fourth-order valence-electron chi connectivity index (χ4n) is 3.90. The Kier molecular flexibility index (Phi) is 6.79. The Morgan fingerprint density at radius 3 is 2.57 bits per heavy atom. The highest BCUT2D eigenvalue weighted by atomic mass is 32.1. The van der Waals surface area contributed by atoms with E-state index in [0.29, 0.717) is 0 Å². The van der Waals surface area contributed by atoms with Gasteiger partial charge in [0.05, 0.1) is 7.11 Å². The summed E-state index contributed by atoms with van der Waals surface area (Å²) in [5, 5.41) is 7.42. The number of nitrogens with zero attached hydrogens (tertiary/aromatic N) is 2. The molecule has 156 valence electrons. The van der Waals surface area contributed by atoms with Gasteiger partial charge in [0.15, 0.2) is 0 Å². The smallest absolute Gasteiger partial charge is 0.246 e. The van der Waals surface area contributed by atoms with E-state index >= 15 is 0 Å². The minimum Gasteiger partial charge on any atom is -0.497 e. The van der Waals surface area contributed by atoms with Crippen LogP contribution in [0.1, 0.15) is 17.2 Å². The number of carbonyl (C=O) groups is 1. The molecule has 0 bridgehead atoms. The number of amides is 1. The Labute approximate surface area is 181 Å². The number of nitrogens with one attached hydrogen (secondary N) is 1. The summed E-state index contributed by atoms with van der Waals surface area (Å²) in [6.07, 6.45) is 0. The monoisotopic (exact) mass is 421 g/mol. The van der Waals surface area contributed by atoms with E-state index in [1.165, 1.54) is 5.56 Å². The summed E-state index contributed by atoms with van der Waals surface area (Å²) >= 11 is 1.74. The Balaban J connectivity index is 1.47. The van der Waals surface area contributed by atoms with Crippen LogP contribution in [0.5, 0.6) is 5.75 Å². The van der Waals surface area contributed by atoms with Crippen LogP contribution in [0.15, 0.2) is 71.4 Å². The van der Waals surface area contributed by atoms with Crippen molar-refractivity contribution in [3.63, 3.8) is 0 Å². The number of hydrogen-bond donors (Lipinski definition) is 1. The fourth-order valence-corrected chi connectivity index (χ4v) is 4.56. The van der Waals surface area contributed by atoms with Crippen LogP contribution in [0.3, 0.4) is 0 Å². The van der Waals surface area contributed by atoms with Crippen molar-refractivity contribution in [2.24, 2.45) is 0 Å². The Morgan fingerprint density at radius 1 is 1.07 bits per heavy atom. The summed E-state index contributed by atoms with van der Waals surface area (Å²) in [5.41, 5.74) is 3.13. The Morgan fingerprint density at radius 2 is 1.87 bits per heavy atom. The number of anilines is 1. The molecule has 1 N–H and O–H groups in total. The summed E-state index contributed by atoms with van der Waals surface area (Å²) in [7, 11) is 1.63. The lowest BCUT2D eigenvalue weighted by molar-refractivity contribution is -0.122. The maximum Gasteiger partial charge on any atom is 0.246 e. The molecular formula is C24H27N3O2S. The third-order valence-electron chi connectivity index (χ3n) is 5.46. The van der Waals surface area contributed by atoms with Crippen LogP contribution in [-0.4, -0.2) is 49.0 Å². The average molecular weight is 422 g/mol. The number of carbonyl (C=O) groups excluding carboxylic acids is 1. The molecule has 0 aliphatic carbocycles. The number of hydrogen-bond acceptors (Lipinski definition) is 5. The SMILES string of the molecule is COc1cccc(NC(=O)[C@H](c2ccccc2)N2CCN(Cc3ccsc3)CC2)c1. The van der Waals surface area contributed by atoms with Gasteiger partial charge in [0, 0.05) is 44.5 Å². The number of ether oxygens (including phenoxy) is 1. The summed E-state index contributed by atoms with van der Waals surface area (Å²) in [6.45, 7) is 4.59. The van der Waals surface area contributed by atoms with E-state index in [-0.39, 0.29) is 11.9 Å². The first-order chi connectivity index (χ1) is 14.7. The molecule has 1 aliphatic rings. The van der Waals surface area contributed by atoms with Gasteiger partial charge < -0.3 is 10.1 Å². The highest BCUT2D eigenvalue weighted by Crippen LogP contribution is 2.26. The van der Waals surface area contributed by atoms with E-state index in [0.717, 1.165) is 49.7 Å². The zero-order valence-electron chi connectivity index (χ0n) is 17.2. The largest absolute Gasteiger partial charge is 0.497 e. The van der Waals surface area contributed by atoms with E-state index in [9.17, 15) is 4.79 Å². The molecule has 1 saturated heterocycles. The van der Waals surface area contributed by atoms with Crippen molar-refractivity contribution in [1.29, 1.82) is 0 Å². The lowest BCUT2D eigenvalue weighted by Gasteiger charge is -2.38. The summed E-state index contributed by atoms with van der Waals surface area (Å²) < 4.78 is 5.29. The van der Waals surface area contributed by atoms with Crippen LogP contribution < -0.4 is 10.1 Å². The number of rotatable bonds is 7. The van der Waals surface area contributed by atoms with E-state index in [4.69, 9.17) is 4.74 Å². The topological polar surface area (TPSA) is 44.8 Å². The lowest BCUT2D eigenvalue weighted by atomic mass is 10.0. The molecule has 2 heterocycles. The molecule has 6 heteroatoms. The molecule has 5 nitrogen and oxygen atoms in total. The minimum absolute atomic E-state index is 0.0132. The summed E-state index contributed by atoms with van der Waals surface area (Å²) in [4.78, 5) is 18.1. The molecule has 3 aromatic rings. The van der Waals surface area contributed by atoms with Gasteiger partial charge in [0.1, 0.15) is 11.8 Å². The molecule has 1 fully saturated rings. The number of thiophene rings is 1. The van der Waals surface area contributed by atoms with E-state index in [1.807, 2.05) is 54.6 Å². The zero-order chi connectivity index (χ0) is 20.8. The molecular weight excluding hydrogens is 394 g/mol. The third kappa shape index (κ3) is 5.08. The standard InChI is InChI=1S/C24H27N3O2S/c1-29-22-9-5-8-21(16-22)25-24(28)23(20-6-3-2-4-7-20)27-13-11-26(12-14-27)17-19-10-15-30-18-19/h2-10,15-16,18,23H,11-14,17H2,1H3,(H,25,28)/t23-/m0/s1. The third-order valence-corrected chi connectivity index (χ3v) is 6.19. The number of methoxy groups -OCH3 is 1. The molecule has 0 unspecified atom stereocenters. The first-order valence-electron chi connectivity index (χ1n) is 10.2. The van der Waals surface area contributed by atoms with Gasteiger partial charge in [-0.3, -0.25) is 14.6 Å². The number of piperazine rings is 1. The first kappa shape index (κ1) is 20.6. The van der Waals surface area contributed by atoms with Crippen LogP contribution >= 0.6 is 11.3 Å². The predicted octanol–water partition coefficient (Wildman–Crippen LogP) is 4.25. The van der Waals surface area contributed by atoms with Crippen molar-refractivity contribution in [1.82, 2.24) is 9.80 Å². The van der Waals surface area contributed by atoms with E-state index in [2.05, 4.69) is 31.9 Å². The molecule has 0 saturated carbocycles. The second-order valence-corrected chi connectivity index (χ2v) is 8.26. The van der Waals surface area contributed by atoms with Crippen LogP contribution in [0.4, 0.5) is 5.69 Å². The highest BCUT2D eigenvalue weighted by molar-refractivity contribution is 7.07. The molecule has 0 radical (unpaired) electrons. The van der Waals surface area contributed by atoms with Crippen molar-refractivity contribution in [2.75, 3.05) is 38.6 Å². The predicted molar refractivity (Wildman–Crippen MR) is 122 cm³/mol. The van der Waals surface area contributed by atoms with E-state index < -0.39 is 0 Å². The second kappa shape index (κ2) is 9.89. The maximum absolute atomic E-state index is 13.3. The summed E-state index contributed by atoms with van der Waals surface area (Å²) in [5.74, 6) is 0.715. The van der Waals surface area contributed by atoms with Gasteiger partial charge in [-0.15, -0.1) is 0 Å². The van der Waals surface area contributed by atoms with Crippen molar-refractivity contribution in [2.45, 2.75) is 12.6 Å². The molecule has 1 atom stereocenters. The molecule has 0 spiro atoms. The quantitative estimate of drug-likeness (QED) is 0.619. The zero-order valence-corrected chi connectivity index (χ0v) is 18.0. The fraction of sp³-hybridized carbons (Fsp3) is 0.292. The van der Waals surface area contributed by atoms with Crippen LogP contribution in [0.25, 0.3) is 0 Å². The van der Waals surface area contributed by atoms with Crippen molar-refractivity contribution in [3.05, 3.63) is 82.6 Å². The maximum atomic E-state index is 13.3. The van der Waals surface area contributed by atoms with Gasteiger partial charge in [0.2, 0.25) is 5.91 Å². The molecule has 2 aromatic carbocycles. The molecule has 4 rings (SSSR count). The second-order valence-electron chi connectivity index (χ2n) is 7.48. The molecule has 1 amide bonds. The number of benzene rings is 2. The Bertz CT molecular complexity index is 938. The Hall–Kier alpha value is -2.67. The van der Waals surface area contributed by atoms with Gasteiger partial charge in [-0.05, 0) is 40.1 Å². The lowest BCUT2D eigenvalue weighted by Crippen LogP contribution is -2.49. The molecule has 1 aromatic heterocycles. The normalized spacial score (nSPS) is 16.2. The van der Waals surface area contributed by atoms with Crippen molar-refractivity contribution in [3.8, 4) is 5.75 Å². The minimum atomic E-state index is -0.319. The summed E-state index contributed by atoms with van der Waals surface area (Å²) in [6, 6.07) is 19.4. The van der Waals surface area contributed by atoms with Gasteiger partial charge >= 0.3 is 0 Å². The van der Waals surface area contributed by atoms with Crippen molar-refractivity contribution < 1.29 is 9.53 Å². The highest BCUT2D eigenvalue weighted by Gasteiger charge is 2.30. The molecule has 1 aliphatic heterocycles. The van der Waals surface area contributed by atoms with Gasteiger partial charge in [-0.25, -0.2) is 0 Å². The average Bonchev–Trinajstić information content (AvgIpc) is 3.29. The van der Waals surface area contributed by atoms with Crippen molar-refractivity contribution >= 4 is 22.9 Å². The first-order valence-corrected chi connectivity index (χ1v) is 11.1. The van der Waals surface area contributed by atoms with Gasteiger partial charge in [-0.1, -0.05) is 36.4 Å².